The molecule has 1 fully saturated rings. The topological polar surface area (TPSA) is 32.3 Å². The third kappa shape index (κ3) is 2.81. The van der Waals surface area contributed by atoms with Gasteiger partial charge in [-0.25, -0.2) is 0 Å². The van der Waals surface area contributed by atoms with Crippen LogP contribution >= 0.6 is 24.0 Å². The van der Waals surface area contributed by atoms with Crippen LogP contribution in [0.4, 0.5) is 4.79 Å². The summed E-state index contributed by atoms with van der Waals surface area (Å²) in [6, 6.07) is 0.286. The molecule has 1 amide bonds. The molecule has 1 aliphatic rings. The molecule has 5 heteroatoms. The molecule has 1 aliphatic heterocycles. The van der Waals surface area contributed by atoms with Gasteiger partial charge in [0.25, 0.3) is 0 Å². The molecule has 0 aromatic rings. The lowest BCUT2D eigenvalue weighted by molar-refractivity contribution is 0.177. The highest BCUT2D eigenvalue weighted by molar-refractivity contribution is 6.62. The molecule has 0 aromatic carbocycles. The molecule has 12 heavy (non-hydrogen) atoms. The fraction of sp³-hybridized carbons (Fsp3) is 0.857. The van der Waals surface area contributed by atoms with E-state index in [2.05, 4.69) is 12.2 Å². The predicted molar refractivity (Wildman–Crippen MR) is 52.2 cm³/mol. The minimum atomic E-state index is -0.321. The van der Waals surface area contributed by atoms with E-state index < -0.39 is 0 Å². The molecule has 0 bridgehead atoms. The van der Waals surface area contributed by atoms with Crippen molar-refractivity contribution in [3.05, 3.63) is 0 Å². The number of carbonyl (C=O) groups excluding carboxylic acids is 1. The molecule has 0 aromatic heterocycles. The van der Waals surface area contributed by atoms with Gasteiger partial charge in [0.05, 0.1) is 0 Å². The zero-order chi connectivity index (χ0) is 8.27. The molecule has 1 atom stereocenters. The second kappa shape index (κ2) is 5.62. The van der Waals surface area contributed by atoms with Crippen LogP contribution in [0, 0.1) is 0 Å². The van der Waals surface area contributed by atoms with Gasteiger partial charge in [0, 0.05) is 25.7 Å². The van der Waals surface area contributed by atoms with E-state index >= 15 is 0 Å². The maximum atomic E-state index is 10.8. The first-order valence-corrected chi connectivity index (χ1v) is 4.30. The van der Waals surface area contributed by atoms with Crippen molar-refractivity contribution in [2.75, 3.05) is 19.6 Å². The van der Waals surface area contributed by atoms with E-state index in [0.717, 1.165) is 26.1 Å². The molecule has 1 saturated heterocycles. The fourth-order valence-electron chi connectivity index (χ4n) is 1.36. The van der Waals surface area contributed by atoms with E-state index in [-0.39, 0.29) is 23.8 Å². The van der Waals surface area contributed by atoms with Crippen LogP contribution < -0.4 is 5.32 Å². The summed E-state index contributed by atoms with van der Waals surface area (Å²) in [5.41, 5.74) is 0. The molecule has 3 nitrogen and oxygen atoms in total. The van der Waals surface area contributed by atoms with Gasteiger partial charge >= 0.3 is 5.37 Å². The van der Waals surface area contributed by atoms with Gasteiger partial charge < -0.3 is 10.2 Å². The molecule has 1 heterocycles. The number of hydrogen-bond acceptors (Lipinski definition) is 2. The smallest absolute Gasteiger partial charge is 0.316 e. The van der Waals surface area contributed by atoms with E-state index in [4.69, 9.17) is 11.6 Å². The minimum Gasteiger partial charge on any atom is -0.324 e. The fourth-order valence-corrected chi connectivity index (χ4v) is 1.58. The van der Waals surface area contributed by atoms with Crippen molar-refractivity contribution in [2.45, 2.75) is 19.4 Å². The SMILES string of the molecule is CCC1CNCCN1C(=O)Cl.Cl. The number of carbonyl (C=O) groups is 1. The van der Waals surface area contributed by atoms with Crippen LogP contribution in [0.15, 0.2) is 0 Å². The monoisotopic (exact) mass is 212 g/mol. The van der Waals surface area contributed by atoms with Crippen LogP contribution in [0.5, 0.6) is 0 Å². The Balaban J connectivity index is 0.00000121. The number of halogens is 2. The Kier molecular flexibility index (Phi) is 5.63. The maximum Gasteiger partial charge on any atom is 0.316 e. The van der Waals surface area contributed by atoms with Crippen LogP contribution in [-0.4, -0.2) is 35.9 Å². The highest BCUT2D eigenvalue weighted by Crippen LogP contribution is 2.09. The lowest BCUT2D eigenvalue weighted by atomic mass is 10.1. The van der Waals surface area contributed by atoms with Gasteiger partial charge in [-0.2, -0.15) is 0 Å². The van der Waals surface area contributed by atoms with Gasteiger partial charge in [-0.1, -0.05) is 6.92 Å². The Bertz CT molecular complexity index is 154. The average Bonchev–Trinajstić information content (AvgIpc) is 2.04. The Morgan fingerprint density at radius 2 is 2.42 bits per heavy atom. The molecule has 0 radical (unpaired) electrons. The molecule has 0 saturated carbocycles. The van der Waals surface area contributed by atoms with E-state index in [1.807, 2.05) is 0 Å². The quantitative estimate of drug-likeness (QED) is 0.528. The molecular weight excluding hydrogens is 199 g/mol. The number of rotatable bonds is 1. The van der Waals surface area contributed by atoms with Gasteiger partial charge in [-0.05, 0) is 18.0 Å². The lowest BCUT2D eigenvalue weighted by Crippen LogP contribution is -2.51. The normalized spacial score (nSPS) is 23.2. The van der Waals surface area contributed by atoms with Crippen molar-refractivity contribution in [3.8, 4) is 0 Å². The minimum absolute atomic E-state index is 0. The van der Waals surface area contributed by atoms with Crippen LogP contribution in [0.2, 0.25) is 0 Å². The third-order valence-corrected chi connectivity index (χ3v) is 2.26. The zero-order valence-corrected chi connectivity index (χ0v) is 8.62. The second-order valence-electron chi connectivity index (χ2n) is 2.71. The summed E-state index contributed by atoms with van der Waals surface area (Å²) in [6.07, 6.45) is 0.964. The van der Waals surface area contributed by atoms with Crippen molar-refractivity contribution in [2.24, 2.45) is 0 Å². The van der Waals surface area contributed by atoms with E-state index in [1.54, 1.807) is 4.90 Å². The van der Waals surface area contributed by atoms with Crippen molar-refractivity contribution >= 4 is 29.4 Å². The van der Waals surface area contributed by atoms with Gasteiger partial charge in [-0.3, -0.25) is 4.79 Å². The summed E-state index contributed by atoms with van der Waals surface area (Å²) in [5, 5.41) is 2.90. The third-order valence-electron chi connectivity index (χ3n) is 2.05. The second-order valence-corrected chi connectivity index (χ2v) is 3.04. The summed E-state index contributed by atoms with van der Waals surface area (Å²) >= 11 is 5.39. The highest BCUT2D eigenvalue weighted by atomic mass is 35.5. The Hall–Kier alpha value is 0.01000. The van der Waals surface area contributed by atoms with Crippen molar-refractivity contribution < 1.29 is 4.79 Å². The Labute approximate surface area is 83.9 Å². The molecule has 72 valence electrons. The molecule has 0 spiro atoms. The summed E-state index contributed by atoms with van der Waals surface area (Å²) < 4.78 is 0. The number of piperazine rings is 1. The van der Waals surface area contributed by atoms with Crippen molar-refractivity contribution in [3.63, 3.8) is 0 Å². The highest BCUT2D eigenvalue weighted by Gasteiger charge is 2.23. The molecule has 1 N–H and O–H groups in total. The van der Waals surface area contributed by atoms with Gasteiger partial charge in [0.2, 0.25) is 0 Å². The first kappa shape index (κ1) is 12.0. The number of hydrogen-bond donors (Lipinski definition) is 1. The average molecular weight is 213 g/mol. The number of nitrogens with zero attached hydrogens (tertiary/aromatic N) is 1. The Morgan fingerprint density at radius 3 is 2.83 bits per heavy atom. The van der Waals surface area contributed by atoms with Crippen LogP contribution in [0.1, 0.15) is 13.3 Å². The van der Waals surface area contributed by atoms with Crippen LogP contribution in [0.25, 0.3) is 0 Å². The van der Waals surface area contributed by atoms with Crippen LogP contribution in [-0.2, 0) is 0 Å². The molecule has 1 rings (SSSR count). The van der Waals surface area contributed by atoms with Crippen molar-refractivity contribution in [1.29, 1.82) is 0 Å². The largest absolute Gasteiger partial charge is 0.324 e. The zero-order valence-electron chi connectivity index (χ0n) is 7.05. The number of nitrogens with one attached hydrogen (secondary N) is 1. The summed E-state index contributed by atoms with van der Waals surface area (Å²) in [5.74, 6) is 0. The van der Waals surface area contributed by atoms with Gasteiger partial charge in [-0.15, -0.1) is 12.4 Å². The van der Waals surface area contributed by atoms with Gasteiger partial charge in [0.15, 0.2) is 0 Å². The summed E-state index contributed by atoms with van der Waals surface area (Å²) in [6.45, 7) is 4.52. The number of amides is 1. The standard InChI is InChI=1S/C7H13ClN2O.ClH/c1-2-6-5-9-3-4-10(6)7(8)11;/h6,9H,2-5H2,1H3;1H. The molecular formula is C7H14Cl2N2O. The van der Waals surface area contributed by atoms with Gasteiger partial charge in [0.1, 0.15) is 0 Å². The molecule has 0 aliphatic carbocycles. The summed E-state index contributed by atoms with van der Waals surface area (Å²) in [7, 11) is 0. The molecule has 1 unspecified atom stereocenters. The summed E-state index contributed by atoms with van der Waals surface area (Å²) in [4.78, 5) is 12.6. The van der Waals surface area contributed by atoms with E-state index in [0.29, 0.717) is 0 Å². The van der Waals surface area contributed by atoms with Crippen LogP contribution in [0.3, 0.4) is 0 Å². The van der Waals surface area contributed by atoms with Crippen molar-refractivity contribution in [1.82, 2.24) is 10.2 Å². The van der Waals surface area contributed by atoms with E-state index in [1.165, 1.54) is 0 Å². The Morgan fingerprint density at radius 1 is 1.75 bits per heavy atom. The predicted octanol–water partition coefficient (Wildman–Crippen LogP) is 1.45. The first-order chi connectivity index (χ1) is 5.25. The van der Waals surface area contributed by atoms with E-state index in [9.17, 15) is 4.79 Å². The lowest BCUT2D eigenvalue weighted by Gasteiger charge is -2.33. The maximum absolute atomic E-state index is 10.8. The first-order valence-electron chi connectivity index (χ1n) is 3.92.